The van der Waals surface area contributed by atoms with E-state index in [1.807, 2.05) is 0 Å². The Kier molecular flexibility index (Phi) is 8.94. The van der Waals surface area contributed by atoms with Crippen LogP contribution in [0.5, 0.6) is 0 Å². The lowest BCUT2D eigenvalue weighted by molar-refractivity contribution is 0.0991. The lowest BCUT2D eigenvalue weighted by atomic mass is 9.98. The summed E-state index contributed by atoms with van der Waals surface area (Å²) in [6, 6.07) is 8.51. The molecular formula is C14H20Br2O2. The number of alkyl halides is 1. The number of methoxy groups -OCH3 is 1. The molecule has 0 saturated heterocycles. The van der Waals surface area contributed by atoms with Gasteiger partial charge < -0.3 is 9.47 Å². The van der Waals surface area contributed by atoms with E-state index in [1.54, 1.807) is 7.11 Å². The third-order valence-corrected chi connectivity index (χ3v) is 4.09. The van der Waals surface area contributed by atoms with E-state index in [0.717, 1.165) is 42.5 Å². The van der Waals surface area contributed by atoms with Crippen molar-refractivity contribution in [2.75, 3.05) is 32.3 Å². The van der Waals surface area contributed by atoms with Gasteiger partial charge in [-0.25, -0.2) is 0 Å². The number of halogens is 2. The van der Waals surface area contributed by atoms with Crippen LogP contribution < -0.4 is 0 Å². The van der Waals surface area contributed by atoms with Crippen LogP contribution in [0, 0.1) is 0 Å². The second-order valence-corrected chi connectivity index (χ2v) is 5.71. The predicted octanol–water partition coefficient (Wildman–Crippen LogP) is 4.37. The first kappa shape index (κ1) is 16.2. The normalized spacial score (nSPS) is 12.6. The number of benzene rings is 1. The Bertz CT molecular complexity index is 314. The maximum absolute atomic E-state index is 5.60. The van der Waals surface area contributed by atoms with Crippen molar-refractivity contribution in [2.45, 2.75) is 18.8 Å². The van der Waals surface area contributed by atoms with Gasteiger partial charge in [-0.2, -0.15) is 0 Å². The fourth-order valence-electron chi connectivity index (χ4n) is 1.70. The molecule has 1 aromatic carbocycles. The molecule has 18 heavy (non-hydrogen) atoms. The number of ether oxygens (including phenoxy) is 2. The van der Waals surface area contributed by atoms with E-state index >= 15 is 0 Å². The lowest BCUT2D eigenvalue weighted by Gasteiger charge is -2.14. The molecule has 0 radical (unpaired) electrons. The summed E-state index contributed by atoms with van der Waals surface area (Å²) >= 11 is 7.03. The average molecular weight is 380 g/mol. The number of rotatable bonds is 9. The minimum atomic E-state index is 0.514. The molecule has 4 heteroatoms. The summed E-state index contributed by atoms with van der Waals surface area (Å²) in [5.74, 6) is 0.514. The van der Waals surface area contributed by atoms with Crippen LogP contribution >= 0.6 is 31.9 Å². The van der Waals surface area contributed by atoms with Gasteiger partial charge in [0.05, 0.1) is 0 Å². The van der Waals surface area contributed by atoms with E-state index in [1.165, 1.54) is 5.56 Å². The third-order valence-electron chi connectivity index (χ3n) is 2.78. The van der Waals surface area contributed by atoms with Crippen molar-refractivity contribution in [3.63, 3.8) is 0 Å². The first-order valence-electron chi connectivity index (χ1n) is 6.16. The first-order valence-corrected chi connectivity index (χ1v) is 8.07. The molecule has 0 aliphatic rings. The summed E-state index contributed by atoms with van der Waals surface area (Å²) in [5.41, 5.74) is 1.36. The van der Waals surface area contributed by atoms with Gasteiger partial charge in [-0.3, -0.25) is 0 Å². The van der Waals surface area contributed by atoms with Gasteiger partial charge in [-0.1, -0.05) is 44.0 Å². The van der Waals surface area contributed by atoms with Crippen LogP contribution in [0.15, 0.2) is 28.7 Å². The maximum atomic E-state index is 5.60. The van der Waals surface area contributed by atoms with E-state index in [9.17, 15) is 0 Å². The Morgan fingerprint density at radius 2 is 1.83 bits per heavy atom. The summed E-state index contributed by atoms with van der Waals surface area (Å²) in [5, 5.41) is 0.968. The molecular weight excluding hydrogens is 360 g/mol. The highest BCUT2D eigenvalue weighted by Gasteiger charge is 2.09. The van der Waals surface area contributed by atoms with Crippen molar-refractivity contribution in [2.24, 2.45) is 0 Å². The van der Waals surface area contributed by atoms with Crippen LogP contribution in [0.3, 0.4) is 0 Å². The molecule has 102 valence electrons. The molecule has 0 aliphatic carbocycles. The smallest absolute Gasteiger partial charge is 0.0487 e. The maximum Gasteiger partial charge on any atom is 0.0487 e. The molecule has 0 aromatic heterocycles. The zero-order valence-corrected chi connectivity index (χ0v) is 13.9. The topological polar surface area (TPSA) is 18.5 Å². The minimum absolute atomic E-state index is 0.514. The summed E-state index contributed by atoms with van der Waals surface area (Å²) in [4.78, 5) is 0. The largest absolute Gasteiger partial charge is 0.385 e. The van der Waals surface area contributed by atoms with Crippen LogP contribution in [-0.2, 0) is 9.47 Å². The Morgan fingerprint density at radius 1 is 1.11 bits per heavy atom. The SMILES string of the molecule is COCCCOCCC(CBr)c1ccc(Br)cc1. The van der Waals surface area contributed by atoms with E-state index in [2.05, 4.69) is 56.1 Å². The van der Waals surface area contributed by atoms with Gasteiger partial charge in [0, 0.05) is 36.7 Å². The highest BCUT2D eigenvalue weighted by atomic mass is 79.9. The van der Waals surface area contributed by atoms with Crippen LogP contribution in [-0.4, -0.2) is 32.3 Å². The van der Waals surface area contributed by atoms with Crippen molar-refractivity contribution in [3.8, 4) is 0 Å². The third kappa shape index (κ3) is 6.32. The molecule has 0 aliphatic heterocycles. The zero-order valence-electron chi connectivity index (χ0n) is 10.7. The van der Waals surface area contributed by atoms with Crippen molar-refractivity contribution in [1.29, 1.82) is 0 Å². The molecule has 0 heterocycles. The Labute approximate surface area is 126 Å². The molecule has 2 nitrogen and oxygen atoms in total. The van der Waals surface area contributed by atoms with E-state index in [-0.39, 0.29) is 0 Å². The van der Waals surface area contributed by atoms with Crippen LogP contribution in [0.1, 0.15) is 24.3 Å². The van der Waals surface area contributed by atoms with Gasteiger partial charge in [-0.05, 0) is 36.5 Å². The van der Waals surface area contributed by atoms with E-state index in [0.29, 0.717) is 5.92 Å². The average Bonchev–Trinajstić information content (AvgIpc) is 2.39. The van der Waals surface area contributed by atoms with Crippen LogP contribution in [0.25, 0.3) is 0 Å². The molecule has 0 fully saturated rings. The predicted molar refractivity (Wildman–Crippen MR) is 82.6 cm³/mol. The van der Waals surface area contributed by atoms with Crippen molar-refractivity contribution >= 4 is 31.9 Å². The van der Waals surface area contributed by atoms with Gasteiger partial charge in [0.2, 0.25) is 0 Å². The van der Waals surface area contributed by atoms with E-state index in [4.69, 9.17) is 9.47 Å². The van der Waals surface area contributed by atoms with Gasteiger partial charge in [0.15, 0.2) is 0 Å². The highest BCUT2D eigenvalue weighted by molar-refractivity contribution is 9.10. The van der Waals surface area contributed by atoms with Crippen molar-refractivity contribution < 1.29 is 9.47 Å². The van der Waals surface area contributed by atoms with Crippen LogP contribution in [0.2, 0.25) is 0 Å². The molecule has 1 aromatic rings. The fraction of sp³-hybridized carbons (Fsp3) is 0.571. The summed E-state index contributed by atoms with van der Waals surface area (Å²) in [6.45, 7) is 2.35. The molecule has 1 rings (SSSR count). The van der Waals surface area contributed by atoms with Gasteiger partial charge >= 0.3 is 0 Å². The number of hydrogen-bond acceptors (Lipinski definition) is 2. The monoisotopic (exact) mass is 378 g/mol. The summed E-state index contributed by atoms with van der Waals surface area (Å²) in [6.07, 6.45) is 2.01. The Balaban J connectivity index is 2.27. The second-order valence-electron chi connectivity index (χ2n) is 4.15. The van der Waals surface area contributed by atoms with Crippen molar-refractivity contribution in [3.05, 3.63) is 34.3 Å². The standard InChI is InChI=1S/C14H20Br2O2/c1-17-8-2-9-18-10-7-13(11-15)12-3-5-14(16)6-4-12/h3-6,13H,2,7-11H2,1H3. The van der Waals surface area contributed by atoms with Gasteiger partial charge in [0.25, 0.3) is 0 Å². The van der Waals surface area contributed by atoms with Crippen LogP contribution in [0.4, 0.5) is 0 Å². The lowest BCUT2D eigenvalue weighted by Crippen LogP contribution is -2.07. The Hall–Kier alpha value is 0.1000. The van der Waals surface area contributed by atoms with Gasteiger partial charge in [-0.15, -0.1) is 0 Å². The second kappa shape index (κ2) is 9.96. The fourth-order valence-corrected chi connectivity index (χ4v) is 2.66. The molecule has 1 atom stereocenters. The molecule has 0 N–H and O–H groups in total. The molecule has 1 unspecified atom stereocenters. The van der Waals surface area contributed by atoms with E-state index < -0.39 is 0 Å². The zero-order chi connectivity index (χ0) is 13.2. The number of hydrogen-bond donors (Lipinski definition) is 0. The minimum Gasteiger partial charge on any atom is -0.385 e. The Morgan fingerprint density at radius 3 is 2.44 bits per heavy atom. The van der Waals surface area contributed by atoms with Crippen molar-refractivity contribution in [1.82, 2.24) is 0 Å². The molecule has 0 spiro atoms. The van der Waals surface area contributed by atoms with Gasteiger partial charge in [0.1, 0.15) is 0 Å². The summed E-state index contributed by atoms with van der Waals surface area (Å²) in [7, 11) is 1.72. The molecule has 0 saturated carbocycles. The quantitative estimate of drug-likeness (QED) is 0.468. The first-order chi connectivity index (χ1) is 8.77. The molecule has 0 amide bonds. The summed E-state index contributed by atoms with van der Waals surface area (Å²) < 4.78 is 11.7. The molecule has 0 bridgehead atoms. The highest BCUT2D eigenvalue weighted by Crippen LogP contribution is 2.23.